The van der Waals surface area contributed by atoms with Crippen LogP contribution in [0.5, 0.6) is 11.5 Å². The van der Waals surface area contributed by atoms with Crippen molar-refractivity contribution in [3.63, 3.8) is 0 Å². The summed E-state index contributed by atoms with van der Waals surface area (Å²) in [5.74, 6) is 0.404. The van der Waals surface area contributed by atoms with Gasteiger partial charge in [0.2, 0.25) is 0 Å². The van der Waals surface area contributed by atoms with Gasteiger partial charge in [-0.25, -0.2) is 13.8 Å². The molecule has 3 N–H and O–H groups in total. The standard InChI is InChI=1S/C33H31F2N5O3/c1-20(31-37-27-17-25(35)30(18-28(27)38-31)43-19-21-6-4-3-5-7-21)32-39-26-13-8-22(16-29(26)40(32)2)33(41)36-14-15-42-24-11-9-23(34)10-12-24/h3-13,16-18,20,31,37-38H,14-15,19H2,1-2H3,(H,36,41). The molecule has 8 nitrogen and oxygen atoms in total. The number of nitrogens with zero attached hydrogens (tertiary/aromatic N) is 2. The van der Waals surface area contributed by atoms with Gasteiger partial charge in [0.25, 0.3) is 5.91 Å². The lowest BCUT2D eigenvalue weighted by Crippen LogP contribution is -2.30. The molecule has 0 fully saturated rings. The summed E-state index contributed by atoms with van der Waals surface area (Å²) < 4.78 is 41.2. The third kappa shape index (κ3) is 6.08. The zero-order valence-corrected chi connectivity index (χ0v) is 23.7. The molecule has 0 spiro atoms. The molecule has 1 aliphatic heterocycles. The molecule has 1 aromatic heterocycles. The van der Waals surface area contributed by atoms with Crippen molar-refractivity contribution in [3.8, 4) is 11.5 Å². The molecule has 1 amide bonds. The zero-order valence-electron chi connectivity index (χ0n) is 23.7. The Morgan fingerprint density at radius 1 is 0.977 bits per heavy atom. The van der Waals surface area contributed by atoms with Gasteiger partial charge in [-0.05, 0) is 48.0 Å². The summed E-state index contributed by atoms with van der Waals surface area (Å²) in [5.41, 5.74) is 4.44. The Labute approximate surface area is 247 Å². The summed E-state index contributed by atoms with van der Waals surface area (Å²) in [7, 11) is 1.91. The van der Waals surface area contributed by atoms with E-state index in [1.165, 1.54) is 18.2 Å². The second kappa shape index (κ2) is 12.0. The van der Waals surface area contributed by atoms with Gasteiger partial charge in [0.1, 0.15) is 36.8 Å². The SMILES string of the molecule is CC(c1nc2ccc(C(=O)NCCOc3ccc(F)cc3)cc2n1C)C1Nc2cc(F)c(OCc3ccccc3)cc2N1. The number of halogens is 2. The molecular weight excluding hydrogens is 552 g/mol. The molecule has 0 aliphatic carbocycles. The van der Waals surface area contributed by atoms with Gasteiger partial charge in [-0.2, -0.15) is 0 Å². The summed E-state index contributed by atoms with van der Waals surface area (Å²) >= 11 is 0. The second-order valence-electron chi connectivity index (χ2n) is 10.4. The van der Waals surface area contributed by atoms with Gasteiger partial charge >= 0.3 is 0 Å². The van der Waals surface area contributed by atoms with Gasteiger partial charge in [-0.1, -0.05) is 37.3 Å². The number of carbonyl (C=O) groups excluding carboxylic acids is 1. The molecule has 5 aromatic rings. The van der Waals surface area contributed by atoms with Crippen LogP contribution in [-0.4, -0.2) is 34.8 Å². The number of carbonyl (C=O) groups is 1. The van der Waals surface area contributed by atoms with E-state index in [1.807, 2.05) is 61.0 Å². The van der Waals surface area contributed by atoms with E-state index in [0.29, 0.717) is 23.5 Å². The fourth-order valence-electron chi connectivity index (χ4n) is 5.13. The number of benzene rings is 4. The van der Waals surface area contributed by atoms with Crippen molar-refractivity contribution in [1.29, 1.82) is 0 Å². The number of fused-ring (bicyclic) bond motifs is 2. The molecule has 2 atom stereocenters. The Kier molecular flexibility index (Phi) is 7.83. The minimum Gasteiger partial charge on any atom is -0.492 e. The number of hydrogen-bond donors (Lipinski definition) is 3. The molecule has 0 bridgehead atoms. The predicted molar refractivity (Wildman–Crippen MR) is 162 cm³/mol. The first-order valence-corrected chi connectivity index (χ1v) is 14.0. The van der Waals surface area contributed by atoms with E-state index in [2.05, 4.69) is 16.0 Å². The smallest absolute Gasteiger partial charge is 0.251 e. The molecular formula is C33H31F2N5O3. The first kappa shape index (κ1) is 28.0. The van der Waals surface area contributed by atoms with Crippen LogP contribution in [0.4, 0.5) is 20.2 Å². The lowest BCUT2D eigenvalue weighted by Gasteiger charge is -2.20. The van der Waals surface area contributed by atoms with E-state index in [1.54, 1.807) is 24.3 Å². The number of aromatic nitrogens is 2. The fourth-order valence-corrected chi connectivity index (χ4v) is 5.13. The van der Waals surface area contributed by atoms with Crippen molar-refractivity contribution in [2.24, 2.45) is 7.05 Å². The molecule has 0 saturated heterocycles. The molecule has 220 valence electrons. The number of nitrogens with one attached hydrogen (secondary N) is 3. The summed E-state index contributed by atoms with van der Waals surface area (Å²) in [4.78, 5) is 17.6. The highest BCUT2D eigenvalue weighted by atomic mass is 19.1. The van der Waals surface area contributed by atoms with Crippen LogP contribution in [0, 0.1) is 11.6 Å². The summed E-state index contributed by atoms with van der Waals surface area (Å²) in [6.07, 6.45) is -0.238. The van der Waals surface area contributed by atoms with Gasteiger partial charge < -0.3 is 30.0 Å². The van der Waals surface area contributed by atoms with E-state index < -0.39 is 5.82 Å². The van der Waals surface area contributed by atoms with Crippen LogP contribution in [0.25, 0.3) is 11.0 Å². The lowest BCUT2D eigenvalue weighted by atomic mass is 10.1. The predicted octanol–water partition coefficient (Wildman–Crippen LogP) is 6.21. The molecule has 10 heteroatoms. The van der Waals surface area contributed by atoms with E-state index in [-0.39, 0.29) is 42.8 Å². The van der Waals surface area contributed by atoms with Gasteiger partial charge in [0.15, 0.2) is 11.6 Å². The normalized spacial score (nSPS) is 14.5. The van der Waals surface area contributed by atoms with Crippen molar-refractivity contribution < 1.29 is 23.0 Å². The Balaban J connectivity index is 1.09. The highest BCUT2D eigenvalue weighted by Gasteiger charge is 2.30. The number of amides is 1. The zero-order chi connectivity index (χ0) is 29.9. The van der Waals surface area contributed by atoms with Crippen LogP contribution >= 0.6 is 0 Å². The molecule has 2 heterocycles. The fraction of sp³-hybridized carbons (Fsp3) is 0.212. The van der Waals surface area contributed by atoms with Crippen LogP contribution < -0.4 is 25.4 Å². The largest absolute Gasteiger partial charge is 0.492 e. The highest BCUT2D eigenvalue weighted by molar-refractivity contribution is 5.97. The Bertz CT molecular complexity index is 1760. The third-order valence-corrected chi connectivity index (χ3v) is 7.49. The Morgan fingerprint density at radius 2 is 1.72 bits per heavy atom. The van der Waals surface area contributed by atoms with E-state index >= 15 is 0 Å². The average molecular weight is 584 g/mol. The molecule has 0 radical (unpaired) electrons. The minimum absolute atomic E-state index is 0.109. The van der Waals surface area contributed by atoms with Crippen molar-refractivity contribution >= 4 is 28.3 Å². The molecule has 6 rings (SSSR count). The van der Waals surface area contributed by atoms with E-state index in [0.717, 1.165) is 28.1 Å². The quantitative estimate of drug-likeness (QED) is 0.170. The van der Waals surface area contributed by atoms with Gasteiger partial charge in [0.05, 0.1) is 34.9 Å². The Morgan fingerprint density at radius 3 is 2.49 bits per heavy atom. The third-order valence-electron chi connectivity index (χ3n) is 7.49. The summed E-state index contributed by atoms with van der Waals surface area (Å²) in [6.45, 7) is 2.85. The number of imidazole rings is 1. The minimum atomic E-state index is -0.437. The molecule has 43 heavy (non-hydrogen) atoms. The maximum atomic E-state index is 14.8. The van der Waals surface area contributed by atoms with Crippen LogP contribution in [0.2, 0.25) is 0 Å². The van der Waals surface area contributed by atoms with Crippen molar-refractivity contribution in [3.05, 3.63) is 114 Å². The van der Waals surface area contributed by atoms with E-state index in [4.69, 9.17) is 14.5 Å². The lowest BCUT2D eigenvalue weighted by molar-refractivity contribution is 0.0947. The summed E-state index contributed by atoms with van der Waals surface area (Å²) in [5, 5.41) is 9.65. The topological polar surface area (TPSA) is 89.4 Å². The first-order chi connectivity index (χ1) is 20.9. The van der Waals surface area contributed by atoms with Crippen LogP contribution in [0.1, 0.15) is 34.6 Å². The monoisotopic (exact) mass is 583 g/mol. The maximum Gasteiger partial charge on any atom is 0.251 e. The van der Waals surface area contributed by atoms with Crippen molar-refractivity contribution in [2.75, 3.05) is 23.8 Å². The van der Waals surface area contributed by atoms with E-state index in [9.17, 15) is 13.6 Å². The van der Waals surface area contributed by atoms with Crippen molar-refractivity contribution in [2.45, 2.75) is 25.6 Å². The number of rotatable bonds is 10. The highest BCUT2D eigenvalue weighted by Crippen LogP contribution is 2.38. The number of hydrogen-bond acceptors (Lipinski definition) is 6. The summed E-state index contributed by atoms with van der Waals surface area (Å²) in [6, 6.07) is 23.8. The van der Waals surface area contributed by atoms with Crippen LogP contribution in [0.15, 0.2) is 84.9 Å². The first-order valence-electron chi connectivity index (χ1n) is 14.0. The number of aryl methyl sites for hydroxylation is 1. The second-order valence-corrected chi connectivity index (χ2v) is 10.4. The van der Waals surface area contributed by atoms with Crippen LogP contribution in [-0.2, 0) is 13.7 Å². The molecule has 1 aliphatic rings. The number of ether oxygens (including phenoxy) is 2. The Hall–Kier alpha value is -5.12. The van der Waals surface area contributed by atoms with Gasteiger partial charge in [0, 0.05) is 24.7 Å². The van der Waals surface area contributed by atoms with Gasteiger partial charge in [-0.15, -0.1) is 0 Å². The average Bonchev–Trinajstić information content (AvgIpc) is 3.59. The van der Waals surface area contributed by atoms with Crippen LogP contribution in [0.3, 0.4) is 0 Å². The molecule has 4 aromatic carbocycles. The maximum absolute atomic E-state index is 14.8. The van der Waals surface area contributed by atoms with Gasteiger partial charge in [-0.3, -0.25) is 4.79 Å². The molecule has 0 saturated carbocycles. The number of anilines is 2. The molecule has 2 unspecified atom stereocenters. The van der Waals surface area contributed by atoms with Crippen molar-refractivity contribution in [1.82, 2.24) is 14.9 Å².